The van der Waals surface area contributed by atoms with E-state index in [4.69, 9.17) is 4.74 Å². The van der Waals surface area contributed by atoms with E-state index in [1.165, 1.54) is 4.88 Å². The number of halogens is 1. The SMILES string of the molecule is CN=C(NCCc1nc(C)c(C)s1)NCc1cccnc1N1CCOCC1.I. The standard InChI is InChI=1S/C19H28N6OS.HI/c1-14-15(2)27-17(24-14)6-8-22-19(20-3)23-13-16-5-4-7-21-18(16)25-9-11-26-12-10-25;/h4-5,7H,6,8-13H2,1-3H3,(H2,20,22,23);1H. The molecule has 0 spiro atoms. The Morgan fingerprint density at radius 2 is 2.07 bits per heavy atom. The van der Waals surface area contributed by atoms with Crippen LogP contribution in [0, 0.1) is 13.8 Å². The molecule has 0 bridgehead atoms. The van der Waals surface area contributed by atoms with Crippen LogP contribution in [0.25, 0.3) is 0 Å². The third kappa shape index (κ3) is 6.28. The van der Waals surface area contributed by atoms with Gasteiger partial charge in [-0.1, -0.05) is 6.07 Å². The number of aliphatic imine (C=N–C) groups is 1. The van der Waals surface area contributed by atoms with Crippen molar-refractivity contribution in [2.24, 2.45) is 4.99 Å². The Morgan fingerprint density at radius 1 is 1.29 bits per heavy atom. The number of aromatic nitrogens is 2. The summed E-state index contributed by atoms with van der Waals surface area (Å²) in [6.45, 7) is 8.91. The number of ether oxygens (including phenoxy) is 1. The van der Waals surface area contributed by atoms with Crippen molar-refractivity contribution in [1.82, 2.24) is 20.6 Å². The molecule has 7 nitrogen and oxygen atoms in total. The maximum atomic E-state index is 5.45. The van der Waals surface area contributed by atoms with E-state index >= 15 is 0 Å². The second-order valence-corrected chi connectivity index (χ2v) is 7.73. The molecule has 0 aliphatic carbocycles. The number of morpholine rings is 1. The van der Waals surface area contributed by atoms with Gasteiger partial charge in [0.25, 0.3) is 0 Å². The highest BCUT2D eigenvalue weighted by molar-refractivity contribution is 14.0. The first-order valence-electron chi connectivity index (χ1n) is 9.31. The number of anilines is 1. The average molecular weight is 516 g/mol. The van der Waals surface area contributed by atoms with Gasteiger partial charge < -0.3 is 20.3 Å². The van der Waals surface area contributed by atoms with Gasteiger partial charge in [0.2, 0.25) is 0 Å². The van der Waals surface area contributed by atoms with Gasteiger partial charge >= 0.3 is 0 Å². The van der Waals surface area contributed by atoms with Gasteiger partial charge in [0, 0.05) is 56.3 Å². The van der Waals surface area contributed by atoms with Crippen molar-refractivity contribution in [3.8, 4) is 0 Å². The summed E-state index contributed by atoms with van der Waals surface area (Å²) < 4.78 is 5.45. The first-order valence-corrected chi connectivity index (χ1v) is 10.1. The molecule has 0 aromatic carbocycles. The minimum absolute atomic E-state index is 0. The van der Waals surface area contributed by atoms with Crippen LogP contribution in [0.2, 0.25) is 0 Å². The van der Waals surface area contributed by atoms with Crippen molar-refractivity contribution in [1.29, 1.82) is 0 Å². The van der Waals surface area contributed by atoms with Crippen LogP contribution in [0.3, 0.4) is 0 Å². The van der Waals surface area contributed by atoms with Crippen molar-refractivity contribution in [3.63, 3.8) is 0 Å². The van der Waals surface area contributed by atoms with E-state index in [2.05, 4.69) is 50.4 Å². The van der Waals surface area contributed by atoms with Crippen LogP contribution >= 0.6 is 35.3 Å². The number of hydrogen-bond donors (Lipinski definition) is 2. The highest BCUT2D eigenvalue weighted by Gasteiger charge is 2.15. The number of hydrogen-bond acceptors (Lipinski definition) is 6. The minimum atomic E-state index is 0. The lowest BCUT2D eigenvalue weighted by atomic mass is 10.2. The van der Waals surface area contributed by atoms with E-state index in [1.54, 1.807) is 18.4 Å². The Morgan fingerprint density at radius 3 is 2.75 bits per heavy atom. The summed E-state index contributed by atoms with van der Waals surface area (Å²) in [6, 6.07) is 4.09. The van der Waals surface area contributed by atoms with E-state index < -0.39 is 0 Å². The number of nitrogens with one attached hydrogen (secondary N) is 2. The van der Waals surface area contributed by atoms with Crippen LogP contribution in [-0.2, 0) is 17.7 Å². The maximum absolute atomic E-state index is 5.45. The fraction of sp³-hybridized carbons (Fsp3) is 0.526. The number of pyridine rings is 1. The van der Waals surface area contributed by atoms with E-state index in [-0.39, 0.29) is 24.0 Å². The molecule has 0 radical (unpaired) electrons. The molecular formula is C19H29IN6OS. The summed E-state index contributed by atoms with van der Waals surface area (Å²) in [4.78, 5) is 17.1. The highest BCUT2D eigenvalue weighted by atomic mass is 127. The molecule has 3 heterocycles. The zero-order valence-corrected chi connectivity index (χ0v) is 19.8. The van der Waals surface area contributed by atoms with Crippen molar-refractivity contribution < 1.29 is 4.74 Å². The lowest BCUT2D eigenvalue weighted by Crippen LogP contribution is -2.40. The molecule has 0 saturated carbocycles. The summed E-state index contributed by atoms with van der Waals surface area (Å²) in [5.41, 5.74) is 2.29. The second-order valence-electron chi connectivity index (χ2n) is 6.44. The molecule has 1 saturated heterocycles. The Balaban J connectivity index is 0.00000280. The summed E-state index contributed by atoms with van der Waals surface area (Å²) in [6.07, 6.45) is 2.74. The van der Waals surface area contributed by atoms with Gasteiger partial charge in [0.1, 0.15) is 5.82 Å². The minimum Gasteiger partial charge on any atom is -0.378 e. The van der Waals surface area contributed by atoms with Gasteiger partial charge in [-0.25, -0.2) is 9.97 Å². The summed E-state index contributed by atoms with van der Waals surface area (Å²) in [5, 5.41) is 7.92. The zero-order chi connectivity index (χ0) is 19.1. The smallest absolute Gasteiger partial charge is 0.191 e. The van der Waals surface area contributed by atoms with Gasteiger partial charge in [-0.2, -0.15) is 0 Å². The van der Waals surface area contributed by atoms with E-state index in [1.807, 2.05) is 12.3 Å². The van der Waals surface area contributed by atoms with E-state index in [9.17, 15) is 0 Å². The average Bonchev–Trinajstić information content (AvgIpc) is 3.03. The van der Waals surface area contributed by atoms with Crippen LogP contribution in [0.1, 0.15) is 21.1 Å². The normalized spacial score (nSPS) is 14.5. The molecule has 1 aliphatic heterocycles. The maximum Gasteiger partial charge on any atom is 0.191 e. The Labute approximate surface area is 188 Å². The predicted octanol–water partition coefficient (Wildman–Crippen LogP) is 2.52. The Hall–Kier alpha value is -1.46. The monoisotopic (exact) mass is 516 g/mol. The molecule has 1 fully saturated rings. The highest BCUT2D eigenvalue weighted by Crippen LogP contribution is 2.18. The van der Waals surface area contributed by atoms with Crippen molar-refractivity contribution in [2.45, 2.75) is 26.8 Å². The van der Waals surface area contributed by atoms with Gasteiger partial charge in [-0.3, -0.25) is 4.99 Å². The largest absolute Gasteiger partial charge is 0.378 e. The summed E-state index contributed by atoms with van der Waals surface area (Å²) in [7, 11) is 1.79. The Kier molecular flexibility index (Phi) is 9.39. The van der Waals surface area contributed by atoms with Crippen LogP contribution in [0.5, 0.6) is 0 Å². The predicted molar refractivity (Wildman–Crippen MR) is 126 cm³/mol. The van der Waals surface area contributed by atoms with Gasteiger partial charge in [0.05, 0.1) is 23.9 Å². The zero-order valence-electron chi connectivity index (χ0n) is 16.7. The third-order valence-electron chi connectivity index (χ3n) is 4.55. The van der Waals surface area contributed by atoms with Crippen LogP contribution in [0.15, 0.2) is 23.3 Å². The lowest BCUT2D eigenvalue weighted by molar-refractivity contribution is 0.122. The number of rotatable bonds is 6. The van der Waals surface area contributed by atoms with Crippen molar-refractivity contribution >= 4 is 47.1 Å². The van der Waals surface area contributed by atoms with Crippen LogP contribution in [-0.4, -0.2) is 55.8 Å². The Bertz CT molecular complexity index is 756. The van der Waals surface area contributed by atoms with Crippen LogP contribution < -0.4 is 15.5 Å². The quantitative estimate of drug-likeness (QED) is 0.349. The first kappa shape index (κ1) is 22.8. The second kappa shape index (κ2) is 11.5. The topological polar surface area (TPSA) is 74.7 Å². The summed E-state index contributed by atoms with van der Waals surface area (Å²) >= 11 is 1.77. The third-order valence-corrected chi connectivity index (χ3v) is 5.68. The molecule has 3 rings (SSSR count). The molecule has 28 heavy (non-hydrogen) atoms. The van der Waals surface area contributed by atoms with Gasteiger partial charge in [-0.15, -0.1) is 35.3 Å². The number of aryl methyl sites for hydroxylation is 2. The summed E-state index contributed by atoms with van der Waals surface area (Å²) in [5.74, 6) is 1.81. The van der Waals surface area contributed by atoms with Gasteiger partial charge in [0.15, 0.2) is 5.96 Å². The fourth-order valence-electron chi connectivity index (χ4n) is 2.96. The molecule has 154 valence electrons. The van der Waals surface area contributed by atoms with Crippen molar-refractivity contribution in [3.05, 3.63) is 39.5 Å². The lowest BCUT2D eigenvalue weighted by Gasteiger charge is -2.29. The van der Waals surface area contributed by atoms with Crippen LogP contribution in [0.4, 0.5) is 5.82 Å². The van der Waals surface area contributed by atoms with E-state index in [0.717, 1.165) is 67.3 Å². The van der Waals surface area contributed by atoms with Crippen molar-refractivity contribution in [2.75, 3.05) is 44.8 Å². The molecule has 9 heteroatoms. The molecule has 0 unspecified atom stereocenters. The van der Waals surface area contributed by atoms with E-state index in [0.29, 0.717) is 6.54 Å². The molecule has 2 aromatic heterocycles. The molecular weight excluding hydrogens is 487 g/mol. The first-order chi connectivity index (χ1) is 13.2. The molecule has 0 amide bonds. The number of guanidine groups is 1. The number of nitrogens with zero attached hydrogens (tertiary/aromatic N) is 4. The molecule has 0 atom stereocenters. The number of thiazole rings is 1. The molecule has 2 N–H and O–H groups in total. The van der Waals surface area contributed by atoms with Gasteiger partial charge in [-0.05, 0) is 19.9 Å². The molecule has 1 aliphatic rings. The molecule has 2 aromatic rings. The fourth-order valence-corrected chi connectivity index (χ4v) is 3.90.